The van der Waals surface area contributed by atoms with Crippen molar-refractivity contribution >= 4 is 0 Å². The molecule has 1 atom stereocenters. The zero-order valence-corrected chi connectivity index (χ0v) is 8.54. The Bertz CT molecular complexity index is 276. The second-order valence-corrected chi connectivity index (χ2v) is 3.49. The van der Waals surface area contributed by atoms with Crippen LogP contribution < -0.4 is 5.73 Å². The molecule has 0 aliphatic rings. The van der Waals surface area contributed by atoms with Gasteiger partial charge >= 0.3 is 0 Å². The molecule has 1 rings (SSSR count). The predicted molar refractivity (Wildman–Crippen MR) is 55.3 cm³/mol. The third-order valence-corrected chi connectivity index (χ3v) is 2.31. The molecule has 0 saturated heterocycles. The molecule has 0 aromatic carbocycles. The normalized spacial score (nSPS) is 12.8. The third-order valence-electron chi connectivity index (χ3n) is 2.31. The number of pyridine rings is 1. The first-order chi connectivity index (χ1) is 6.75. The second kappa shape index (κ2) is 5.70. The van der Waals surface area contributed by atoms with E-state index in [1.807, 2.05) is 0 Å². The number of unbranched alkanes of at least 4 members (excludes halogenated alkanes) is 2. The van der Waals surface area contributed by atoms with Gasteiger partial charge in [0.15, 0.2) is 0 Å². The molecular formula is C11H17FN2. The molecule has 3 heteroatoms. The van der Waals surface area contributed by atoms with E-state index in [0.29, 0.717) is 5.56 Å². The molecule has 0 amide bonds. The Labute approximate surface area is 84.3 Å². The molecule has 1 heterocycles. The Morgan fingerprint density at radius 3 is 2.93 bits per heavy atom. The molecule has 1 aromatic rings. The average Bonchev–Trinajstić information content (AvgIpc) is 2.18. The second-order valence-electron chi connectivity index (χ2n) is 3.49. The van der Waals surface area contributed by atoms with Gasteiger partial charge in [0, 0.05) is 17.8 Å². The van der Waals surface area contributed by atoms with Crippen molar-refractivity contribution in [2.75, 3.05) is 0 Å². The lowest BCUT2D eigenvalue weighted by Crippen LogP contribution is -2.12. The van der Waals surface area contributed by atoms with Gasteiger partial charge in [0.25, 0.3) is 0 Å². The first-order valence-electron chi connectivity index (χ1n) is 5.11. The smallest absolute Gasteiger partial charge is 0.217 e. The fraction of sp³-hybridized carbons (Fsp3) is 0.545. The van der Waals surface area contributed by atoms with E-state index in [4.69, 9.17) is 5.73 Å². The van der Waals surface area contributed by atoms with E-state index in [0.717, 1.165) is 25.7 Å². The summed E-state index contributed by atoms with van der Waals surface area (Å²) < 4.78 is 13.2. The van der Waals surface area contributed by atoms with E-state index in [2.05, 4.69) is 11.9 Å². The Kier molecular flexibility index (Phi) is 4.53. The number of hydrogen-bond acceptors (Lipinski definition) is 2. The van der Waals surface area contributed by atoms with E-state index >= 15 is 0 Å². The zero-order chi connectivity index (χ0) is 10.4. The van der Waals surface area contributed by atoms with Gasteiger partial charge in [0.05, 0.1) is 0 Å². The maximum Gasteiger partial charge on any atom is 0.217 e. The van der Waals surface area contributed by atoms with E-state index in [1.165, 1.54) is 6.20 Å². The van der Waals surface area contributed by atoms with Crippen molar-refractivity contribution in [1.29, 1.82) is 0 Å². The van der Waals surface area contributed by atoms with Crippen LogP contribution in [0.3, 0.4) is 0 Å². The van der Waals surface area contributed by atoms with E-state index in [1.54, 1.807) is 12.1 Å². The van der Waals surface area contributed by atoms with Crippen LogP contribution in [0.2, 0.25) is 0 Å². The highest BCUT2D eigenvalue weighted by atomic mass is 19.1. The van der Waals surface area contributed by atoms with Crippen LogP contribution in [0, 0.1) is 5.95 Å². The van der Waals surface area contributed by atoms with E-state index < -0.39 is 5.95 Å². The molecule has 0 fully saturated rings. The summed E-state index contributed by atoms with van der Waals surface area (Å²) in [4.78, 5) is 3.58. The Morgan fingerprint density at radius 2 is 2.29 bits per heavy atom. The minimum Gasteiger partial charge on any atom is -0.324 e. The van der Waals surface area contributed by atoms with Crippen LogP contribution in [0.1, 0.15) is 44.2 Å². The topological polar surface area (TPSA) is 38.9 Å². The summed E-state index contributed by atoms with van der Waals surface area (Å²) in [7, 11) is 0. The maximum absolute atomic E-state index is 13.2. The number of nitrogens with two attached hydrogens (primary N) is 1. The van der Waals surface area contributed by atoms with Crippen LogP contribution in [0.15, 0.2) is 18.3 Å². The van der Waals surface area contributed by atoms with Gasteiger partial charge in [-0.05, 0) is 12.5 Å². The van der Waals surface area contributed by atoms with Crippen molar-refractivity contribution in [2.45, 2.75) is 38.6 Å². The minimum atomic E-state index is -0.434. The summed E-state index contributed by atoms with van der Waals surface area (Å²) in [5, 5.41) is 0. The highest BCUT2D eigenvalue weighted by Gasteiger charge is 2.10. The Hall–Kier alpha value is -0.960. The van der Waals surface area contributed by atoms with Crippen LogP contribution in [-0.4, -0.2) is 4.98 Å². The molecule has 0 aliphatic heterocycles. The van der Waals surface area contributed by atoms with E-state index in [9.17, 15) is 4.39 Å². The summed E-state index contributed by atoms with van der Waals surface area (Å²) in [6.45, 7) is 2.14. The fourth-order valence-electron chi connectivity index (χ4n) is 1.44. The molecule has 0 bridgehead atoms. The van der Waals surface area contributed by atoms with Gasteiger partial charge in [-0.2, -0.15) is 4.39 Å². The van der Waals surface area contributed by atoms with Crippen LogP contribution in [0.4, 0.5) is 4.39 Å². The fourth-order valence-corrected chi connectivity index (χ4v) is 1.44. The molecule has 0 unspecified atom stereocenters. The van der Waals surface area contributed by atoms with Gasteiger partial charge in [-0.25, -0.2) is 4.98 Å². The van der Waals surface area contributed by atoms with Gasteiger partial charge in [0.2, 0.25) is 5.95 Å². The van der Waals surface area contributed by atoms with Gasteiger partial charge in [0.1, 0.15) is 0 Å². The lowest BCUT2D eigenvalue weighted by molar-refractivity contribution is 0.517. The first-order valence-corrected chi connectivity index (χ1v) is 5.11. The quantitative estimate of drug-likeness (QED) is 0.581. The van der Waals surface area contributed by atoms with Gasteiger partial charge in [-0.15, -0.1) is 0 Å². The lowest BCUT2D eigenvalue weighted by atomic mass is 10.0. The van der Waals surface area contributed by atoms with Crippen LogP contribution in [0.25, 0.3) is 0 Å². The van der Waals surface area contributed by atoms with Crippen molar-refractivity contribution in [2.24, 2.45) is 5.73 Å². The predicted octanol–water partition coefficient (Wildman–Crippen LogP) is 2.80. The SMILES string of the molecule is CCCCC[C@H](N)c1cccnc1F. The zero-order valence-electron chi connectivity index (χ0n) is 8.54. The van der Waals surface area contributed by atoms with Crippen molar-refractivity contribution < 1.29 is 4.39 Å². The van der Waals surface area contributed by atoms with Crippen LogP contribution in [0.5, 0.6) is 0 Å². The number of aromatic nitrogens is 1. The van der Waals surface area contributed by atoms with Gasteiger partial charge < -0.3 is 5.73 Å². The summed E-state index contributed by atoms with van der Waals surface area (Å²) in [5.74, 6) is -0.434. The average molecular weight is 196 g/mol. The Morgan fingerprint density at radius 1 is 1.50 bits per heavy atom. The maximum atomic E-state index is 13.2. The molecule has 0 spiro atoms. The highest BCUT2D eigenvalue weighted by molar-refractivity contribution is 5.14. The molecule has 78 valence electrons. The number of rotatable bonds is 5. The van der Waals surface area contributed by atoms with Crippen LogP contribution >= 0.6 is 0 Å². The lowest BCUT2D eigenvalue weighted by Gasteiger charge is -2.11. The molecule has 0 radical (unpaired) electrons. The summed E-state index contributed by atoms with van der Waals surface area (Å²) in [6.07, 6.45) is 5.62. The largest absolute Gasteiger partial charge is 0.324 e. The first kappa shape index (κ1) is 11.1. The molecule has 2 N–H and O–H groups in total. The standard InChI is InChI=1S/C11H17FN2/c1-2-3-4-7-10(13)9-6-5-8-14-11(9)12/h5-6,8,10H,2-4,7,13H2,1H3/t10-/m0/s1. The third kappa shape index (κ3) is 3.07. The monoisotopic (exact) mass is 196 g/mol. The molecule has 0 saturated carbocycles. The van der Waals surface area contributed by atoms with Crippen molar-refractivity contribution in [1.82, 2.24) is 4.98 Å². The number of halogens is 1. The van der Waals surface area contributed by atoms with Crippen molar-refractivity contribution in [3.05, 3.63) is 29.8 Å². The molecular weight excluding hydrogens is 179 g/mol. The van der Waals surface area contributed by atoms with E-state index in [-0.39, 0.29) is 6.04 Å². The number of hydrogen-bond donors (Lipinski definition) is 1. The molecule has 2 nitrogen and oxygen atoms in total. The summed E-state index contributed by atoms with van der Waals surface area (Å²) in [5.41, 5.74) is 6.39. The van der Waals surface area contributed by atoms with Gasteiger partial charge in [-0.3, -0.25) is 0 Å². The molecule has 1 aromatic heterocycles. The number of nitrogens with zero attached hydrogens (tertiary/aromatic N) is 1. The van der Waals surface area contributed by atoms with Gasteiger partial charge in [-0.1, -0.05) is 32.3 Å². The molecule has 0 aliphatic carbocycles. The van der Waals surface area contributed by atoms with Crippen molar-refractivity contribution in [3.63, 3.8) is 0 Å². The minimum absolute atomic E-state index is 0.213. The highest BCUT2D eigenvalue weighted by Crippen LogP contribution is 2.18. The summed E-state index contributed by atoms with van der Waals surface area (Å²) >= 11 is 0. The van der Waals surface area contributed by atoms with Crippen LogP contribution in [-0.2, 0) is 0 Å². The summed E-state index contributed by atoms with van der Waals surface area (Å²) in [6, 6.07) is 3.21. The Balaban J connectivity index is 2.51. The van der Waals surface area contributed by atoms with Crippen molar-refractivity contribution in [3.8, 4) is 0 Å². The molecule has 14 heavy (non-hydrogen) atoms.